The quantitative estimate of drug-likeness (QED) is 0.865. The number of rotatable bonds is 1. The fraction of sp³-hybridized carbons (Fsp3) is 0.632. The molecule has 3 aliphatic carbocycles. The highest BCUT2D eigenvalue weighted by atomic mass is 16.5. The van der Waals surface area contributed by atoms with Crippen LogP contribution in [0.3, 0.4) is 0 Å². The average molecular weight is 314 g/mol. The van der Waals surface area contributed by atoms with E-state index in [1.807, 2.05) is 6.07 Å². The van der Waals surface area contributed by atoms with E-state index in [0.717, 1.165) is 24.8 Å². The van der Waals surface area contributed by atoms with Gasteiger partial charge in [-0.25, -0.2) is 0 Å². The molecule has 0 amide bonds. The van der Waals surface area contributed by atoms with Crippen molar-refractivity contribution in [1.82, 2.24) is 0 Å². The van der Waals surface area contributed by atoms with Gasteiger partial charge >= 0.3 is 0 Å². The number of ketones is 1. The van der Waals surface area contributed by atoms with Gasteiger partial charge in [0.15, 0.2) is 23.4 Å². The molecule has 0 aromatic heterocycles. The van der Waals surface area contributed by atoms with Crippen LogP contribution in [0.4, 0.5) is 0 Å². The van der Waals surface area contributed by atoms with Crippen LogP contribution in [0.1, 0.15) is 43.7 Å². The van der Waals surface area contributed by atoms with E-state index in [-0.39, 0.29) is 11.7 Å². The molecule has 1 N–H and O–H groups in total. The van der Waals surface area contributed by atoms with Crippen molar-refractivity contribution in [2.24, 2.45) is 11.8 Å². The summed E-state index contributed by atoms with van der Waals surface area (Å²) in [5, 5.41) is 11.8. The molecule has 0 radical (unpaired) electrons. The molecule has 4 heteroatoms. The molecule has 1 aromatic carbocycles. The fourth-order valence-electron chi connectivity index (χ4n) is 6.07. The summed E-state index contributed by atoms with van der Waals surface area (Å²) in [4.78, 5) is 12.7. The molecule has 1 heterocycles. The van der Waals surface area contributed by atoms with Gasteiger partial charge in [-0.15, -0.1) is 0 Å². The van der Waals surface area contributed by atoms with Crippen LogP contribution in [0, 0.1) is 11.8 Å². The third-order valence-corrected chi connectivity index (χ3v) is 7.11. The SMILES string of the molecule is COc1ccc2c3c1O[C@H]1C(=O)CC[C@@]4(O)[C@@H](C2)C(C)CC[C@]314. The third-order valence-electron chi connectivity index (χ3n) is 7.11. The zero-order valence-electron chi connectivity index (χ0n) is 13.6. The van der Waals surface area contributed by atoms with Gasteiger partial charge < -0.3 is 14.6 Å². The number of carbonyl (C=O) groups excluding carboxylic acids is 1. The summed E-state index contributed by atoms with van der Waals surface area (Å²) in [6, 6.07) is 4.05. The van der Waals surface area contributed by atoms with Crippen LogP contribution in [0.2, 0.25) is 0 Å². The summed E-state index contributed by atoms with van der Waals surface area (Å²) in [5.74, 6) is 2.20. The van der Waals surface area contributed by atoms with Crippen molar-refractivity contribution in [3.8, 4) is 11.5 Å². The summed E-state index contributed by atoms with van der Waals surface area (Å²) in [6.45, 7) is 2.24. The predicted molar refractivity (Wildman–Crippen MR) is 83.9 cm³/mol. The Morgan fingerprint density at radius 3 is 2.96 bits per heavy atom. The number of hydrogen-bond acceptors (Lipinski definition) is 4. The molecule has 1 unspecified atom stereocenters. The molecule has 1 aromatic rings. The number of methoxy groups -OCH3 is 1. The lowest BCUT2D eigenvalue weighted by Crippen LogP contribution is -2.71. The highest BCUT2D eigenvalue weighted by Gasteiger charge is 2.72. The van der Waals surface area contributed by atoms with Crippen molar-refractivity contribution in [3.05, 3.63) is 23.3 Å². The zero-order valence-corrected chi connectivity index (χ0v) is 13.6. The van der Waals surface area contributed by atoms with E-state index >= 15 is 0 Å². The van der Waals surface area contributed by atoms with Crippen molar-refractivity contribution < 1.29 is 19.4 Å². The number of benzene rings is 1. The Labute approximate surface area is 135 Å². The van der Waals surface area contributed by atoms with Gasteiger partial charge in [0.1, 0.15) is 0 Å². The average Bonchev–Trinajstić information content (AvgIpc) is 2.90. The van der Waals surface area contributed by atoms with Crippen molar-refractivity contribution in [2.75, 3.05) is 7.11 Å². The summed E-state index contributed by atoms with van der Waals surface area (Å²) < 4.78 is 11.7. The van der Waals surface area contributed by atoms with E-state index in [2.05, 4.69) is 13.0 Å². The molecule has 4 aliphatic rings. The molecule has 5 atom stereocenters. The summed E-state index contributed by atoms with van der Waals surface area (Å²) in [7, 11) is 1.63. The highest BCUT2D eigenvalue weighted by molar-refractivity contribution is 5.89. The van der Waals surface area contributed by atoms with Gasteiger partial charge in [-0.1, -0.05) is 13.0 Å². The largest absolute Gasteiger partial charge is 0.493 e. The molecule has 4 nitrogen and oxygen atoms in total. The lowest BCUT2D eigenvalue weighted by Gasteiger charge is -2.61. The Morgan fingerprint density at radius 1 is 1.35 bits per heavy atom. The number of carbonyl (C=O) groups is 1. The summed E-state index contributed by atoms with van der Waals surface area (Å²) in [6.07, 6.45) is 3.17. The standard InChI is InChI=1S/C19H22O4/c1-10-5-7-18-15-11-3-4-14(22-2)16(15)23-17(18)13(20)6-8-19(18,21)12(10)9-11/h3-4,10,12,17,21H,5-9H2,1-2H3/t10?,12-,17-,18-,19+/m0/s1. The maximum Gasteiger partial charge on any atom is 0.174 e. The Kier molecular flexibility index (Phi) is 2.47. The maximum atomic E-state index is 12.7. The molecule has 23 heavy (non-hydrogen) atoms. The van der Waals surface area contributed by atoms with E-state index in [0.29, 0.717) is 30.3 Å². The lowest BCUT2D eigenvalue weighted by molar-refractivity contribution is -0.186. The molecule has 1 spiro atoms. The minimum Gasteiger partial charge on any atom is -0.493 e. The molecule has 2 bridgehead atoms. The summed E-state index contributed by atoms with van der Waals surface area (Å²) in [5.41, 5.74) is 0.921. The van der Waals surface area contributed by atoms with Crippen LogP contribution in [0.15, 0.2) is 12.1 Å². The van der Waals surface area contributed by atoms with E-state index in [1.165, 1.54) is 5.56 Å². The second-order valence-corrected chi connectivity index (χ2v) is 7.82. The van der Waals surface area contributed by atoms with Crippen molar-refractivity contribution in [1.29, 1.82) is 0 Å². The topological polar surface area (TPSA) is 55.8 Å². The van der Waals surface area contributed by atoms with Crippen LogP contribution in [-0.2, 0) is 16.6 Å². The zero-order chi connectivity index (χ0) is 16.0. The van der Waals surface area contributed by atoms with Gasteiger partial charge in [0.2, 0.25) is 0 Å². The minimum absolute atomic E-state index is 0.133. The molecule has 5 rings (SSSR count). The molecular formula is C19H22O4. The third kappa shape index (κ3) is 1.33. The molecule has 0 saturated heterocycles. The lowest BCUT2D eigenvalue weighted by atomic mass is 9.44. The van der Waals surface area contributed by atoms with Gasteiger partial charge in [-0.05, 0) is 49.1 Å². The predicted octanol–water partition coefficient (Wildman–Crippen LogP) is 2.39. The van der Waals surface area contributed by atoms with Gasteiger partial charge in [-0.2, -0.15) is 0 Å². The second kappa shape index (κ2) is 4.10. The Hall–Kier alpha value is -1.55. The number of Topliss-reactive ketones (excluding diaryl/α,β-unsaturated/α-hetero) is 1. The van der Waals surface area contributed by atoms with Gasteiger partial charge in [0, 0.05) is 12.0 Å². The summed E-state index contributed by atoms with van der Waals surface area (Å²) >= 11 is 0. The molecule has 2 fully saturated rings. The monoisotopic (exact) mass is 314 g/mol. The van der Waals surface area contributed by atoms with E-state index in [4.69, 9.17) is 9.47 Å². The van der Waals surface area contributed by atoms with Crippen LogP contribution in [-0.4, -0.2) is 29.7 Å². The first-order valence-corrected chi connectivity index (χ1v) is 8.65. The first-order chi connectivity index (χ1) is 11.0. The first-order valence-electron chi connectivity index (χ1n) is 8.65. The molecule has 1 aliphatic heterocycles. The van der Waals surface area contributed by atoms with E-state index in [1.54, 1.807) is 7.11 Å². The van der Waals surface area contributed by atoms with Gasteiger partial charge in [0.25, 0.3) is 0 Å². The highest BCUT2D eigenvalue weighted by Crippen LogP contribution is 2.67. The molecular weight excluding hydrogens is 292 g/mol. The number of ether oxygens (including phenoxy) is 2. The number of hydrogen-bond donors (Lipinski definition) is 1. The first kappa shape index (κ1) is 13.8. The maximum absolute atomic E-state index is 12.7. The normalized spacial score (nSPS) is 42.9. The van der Waals surface area contributed by atoms with Crippen LogP contribution >= 0.6 is 0 Å². The van der Waals surface area contributed by atoms with Gasteiger partial charge in [0.05, 0.1) is 18.1 Å². The van der Waals surface area contributed by atoms with E-state index < -0.39 is 17.1 Å². The van der Waals surface area contributed by atoms with E-state index in [9.17, 15) is 9.90 Å². The number of aliphatic hydroxyl groups is 1. The molecule has 122 valence electrons. The second-order valence-electron chi connectivity index (χ2n) is 7.82. The fourth-order valence-corrected chi connectivity index (χ4v) is 6.07. The molecule has 2 saturated carbocycles. The Morgan fingerprint density at radius 2 is 2.17 bits per heavy atom. The Bertz CT molecular complexity index is 726. The van der Waals surface area contributed by atoms with Crippen LogP contribution < -0.4 is 9.47 Å². The van der Waals surface area contributed by atoms with Gasteiger partial charge in [-0.3, -0.25) is 4.79 Å². The van der Waals surface area contributed by atoms with Crippen LogP contribution in [0.25, 0.3) is 0 Å². The van der Waals surface area contributed by atoms with Crippen molar-refractivity contribution in [2.45, 2.75) is 56.1 Å². The van der Waals surface area contributed by atoms with Crippen molar-refractivity contribution >= 4 is 5.78 Å². The van der Waals surface area contributed by atoms with Crippen LogP contribution in [0.5, 0.6) is 11.5 Å². The minimum atomic E-state index is -0.826. The van der Waals surface area contributed by atoms with Crippen molar-refractivity contribution in [3.63, 3.8) is 0 Å². The smallest absolute Gasteiger partial charge is 0.174 e. The Balaban J connectivity index is 1.86.